The van der Waals surface area contributed by atoms with Gasteiger partial charge in [0.25, 0.3) is 0 Å². The van der Waals surface area contributed by atoms with Gasteiger partial charge in [-0.3, -0.25) is 24.6 Å². The molecule has 13 heteroatoms. The number of piperidine rings is 1. The van der Waals surface area contributed by atoms with Crippen LogP contribution in [-0.2, 0) is 9.59 Å². The summed E-state index contributed by atoms with van der Waals surface area (Å²) in [6, 6.07) is 0. The van der Waals surface area contributed by atoms with Crippen LogP contribution < -0.4 is 21.4 Å². The number of nitrogens with one attached hydrogen (secondary N) is 2. The molecule has 0 aromatic carbocycles. The van der Waals surface area contributed by atoms with Gasteiger partial charge >= 0.3 is 0 Å². The molecule has 4 aliphatic rings. The molecule has 5 rings (SSSR count). The quantitative estimate of drug-likeness (QED) is 0.506. The van der Waals surface area contributed by atoms with E-state index in [0.29, 0.717) is 31.8 Å². The fourth-order valence-electron chi connectivity index (χ4n) is 5.39. The molecule has 3 saturated heterocycles. The zero-order valence-electron chi connectivity index (χ0n) is 20.4. The van der Waals surface area contributed by atoms with E-state index in [9.17, 15) is 18.4 Å². The number of pyridine rings is 1. The zero-order valence-corrected chi connectivity index (χ0v) is 20.4. The van der Waals surface area contributed by atoms with Gasteiger partial charge in [-0.05, 0) is 19.9 Å². The number of carbonyl (C=O) groups excluding carboxylic acids is 2. The van der Waals surface area contributed by atoms with Crippen LogP contribution in [0.1, 0.15) is 12.8 Å². The number of anilines is 2. The minimum Gasteiger partial charge on any atom is -0.367 e. The topological polar surface area (TPSA) is 122 Å². The Labute approximate surface area is 208 Å². The highest BCUT2D eigenvalue weighted by molar-refractivity contribution is 6.11. The number of nitrogens with two attached hydrogens (primary N) is 1. The summed E-state index contributed by atoms with van der Waals surface area (Å²) in [6.45, 7) is 4.20. The number of aromatic nitrogens is 1. The molecule has 3 unspecified atom stereocenters. The van der Waals surface area contributed by atoms with Gasteiger partial charge in [0.2, 0.25) is 11.8 Å². The maximum absolute atomic E-state index is 15.0. The third-order valence-electron chi connectivity index (χ3n) is 7.44. The standard InChI is InChI=1S/C23H33F2N9O2/c1-31-6-8-33(9-7-31)23(36)14-2-4-32(5-3-14)19-16(25)11-27-12-17(19)29-22(35)18-20(26)30-34-13-15(24)10-28-21(18)34/h11-12,14-15,18,20,30H,2-10,13,26H2,1H3,(H,29,35). The molecule has 0 radical (unpaired) electrons. The van der Waals surface area contributed by atoms with Gasteiger partial charge in [0, 0.05) is 45.2 Å². The second kappa shape index (κ2) is 10.2. The van der Waals surface area contributed by atoms with E-state index in [2.05, 4.69) is 32.7 Å². The summed E-state index contributed by atoms with van der Waals surface area (Å²) in [5.41, 5.74) is 9.46. The Kier molecular flexibility index (Phi) is 7.04. The first kappa shape index (κ1) is 24.8. The first-order chi connectivity index (χ1) is 17.3. The normalized spacial score (nSPS) is 27.6. The van der Waals surface area contributed by atoms with E-state index >= 15 is 0 Å². The highest BCUT2D eigenvalue weighted by Gasteiger charge is 2.44. The van der Waals surface area contributed by atoms with Crippen molar-refractivity contribution in [2.75, 3.05) is 69.6 Å². The Bertz CT molecular complexity index is 1020. The molecule has 11 nitrogen and oxygen atoms in total. The molecular weight excluding hydrogens is 472 g/mol. The molecule has 4 N–H and O–H groups in total. The van der Waals surface area contributed by atoms with Gasteiger partial charge in [0.1, 0.15) is 23.6 Å². The van der Waals surface area contributed by atoms with Crippen molar-refractivity contribution in [1.29, 1.82) is 0 Å². The number of hydrogen-bond donors (Lipinski definition) is 3. The van der Waals surface area contributed by atoms with Crippen molar-refractivity contribution in [2.45, 2.75) is 25.2 Å². The Balaban J connectivity index is 1.26. The largest absolute Gasteiger partial charge is 0.367 e. The van der Waals surface area contributed by atoms with Crippen molar-refractivity contribution in [3.63, 3.8) is 0 Å². The Morgan fingerprint density at radius 1 is 1.14 bits per heavy atom. The van der Waals surface area contributed by atoms with E-state index in [1.54, 1.807) is 0 Å². The van der Waals surface area contributed by atoms with Crippen LogP contribution >= 0.6 is 0 Å². The third-order valence-corrected chi connectivity index (χ3v) is 7.44. The van der Waals surface area contributed by atoms with Crippen LogP contribution in [0.4, 0.5) is 20.2 Å². The monoisotopic (exact) mass is 505 g/mol. The molecule has 0 spiro atoms. The number of carbonyl (C=O) groups is 2. The van der Waals surface area contributed by atoms with Gasteiger partial charge < -0.3 is 25.8 Å². The van der Waals surface area contributed by atoms with Crippen LogP contribution in [0.15, 0.2) is 17.4 Å². The van der Waals surface area contributed by atoms with Crippen LogP contribution in [0.25, 0.3) is 0 Å². The van der Waals surface area contributed by atoms with Gasteiger partial charge in [0.05, 0.1) is 37.3 Å². The van der Waals surface area contributed by atoms with Crippen LogP contribution in [0.2, 0.25) is 0 Å². The molecular formula is C23H33F2N9O2. The highest BCUT2D eigenvalue weighted by atomic mass is 19.1. The number of alkyl halides is 1. The summed E-state index contributed by atoms with van der Waals surface area (Å²) in [5.74, 6) is -1.42. The number of rotatable bonds is 4. The first-order valence-electron chi connectivity index (χ1n) is 12.5. The summed E-state index contributed by atoms with van der Waals surface area (Å²) in [5, 5.41) is 4.24. The second-order valence-electron chi connectivity index (χ2n) is 9.94. The number of nitrogens with zero attached hydrogens (tertiary/aromatic N) is 6. The molecule has 5 heterocycles. The lowest BCUT2D eigenvalue weighted by Gasteiger charge is -2.38. The summed E-state index contributed by atoms with van der Waals surface area (Å²) in [7, 11) is 2.05. The fraction of sp³-hybridized carbons (Fsp3) is 0.652. The molecule has 0 aliphatic carbocycles. The van der Waals surface area contributed by atoms with Crippen molar-refractivity contribution in [1.82, 2.24) is 25.2 Å². The van der Waals surface area contributed by atoms with E-state index in [-0.39, 0.29) is 36.3 Å². The molecule has 0 saturated carbocycles. The third kappa shape index (κ3) is 4.87. The highest BCUT2D eigenvalue weighted by Crippen LogP contribution is 2.33. The van der Waals surface area contributed by atoms with Crippen molar-refractivity contribution in [3.8, 4) is 0 Å². The molecule has 3 fully saturated rings. The van der Waals surface area contributed by atoms with E-state index in [4.69, 9.17) is 5.73 Å². The average molecular weight is 506 g/mol. The van der Waals surface area contributed by atoms with Gasteiger partial charge in [-0.1, -0.05) is 0 Å². The molecule has 1 aromatic rings. The van der Waals surface area contributed by atoms with Crippen molar-refractivity contribution in [3.05, 3.63) is 18.2 Å². The van der Waals surface area contributed by atoms with E-state index in [0.717, 1.165) is 32.4 Å². The number of fused-ring (bicyclic) bond motifs is 1. The number of amidine groups is 1. The average Bonchev–Trinajstić information content (AvgIpc) is 3.19. The second-order valence-corrected chi connectivity index (χ2v) is 9.94. The van der Waals surface area contributed by atoms with Crippen molar-refractivity contribution >= 4 is 29.0 Å². The number of hydrogen-bond acceptors (Lipinski definition) is 9. The van der Waals surface area contributed by atoms with Crippen LogP contribution in [0.3, 0.4) is 0 Å². The number of aliphatic imine (C=N–C) groups is 1. The Morgan fingerprint density at radius 3 is 2.58 bits per heavy atom. The summed E-state index contributed by atoms with van der Waals surface area (Å²) < 4.78 is 28.7. The molecule has 3 atom stereocenters. The van der Waals surface area contributed by atoms with Crippen LogP contribution in [0, 0.1) is 17.7 Å². The molecule has 0 bridgehead atoms. The predicted molar refractivity (Wildman–Crippen MR) is 130 cm³/mol. The number of halogens is 2. The number of likely N-dealkylation sites (N-methyl/N-ethyl adjacent to an activating group) is 1. The molecule has 36 heavy (non-hydrogen) atoms. The van der Waals surface area contributed by atoms with E-state index in [1.807, 2.05) is 9.80 Å². The molecule has 1 aromatic heterocycles. The molecule has 2 amide bonds. The maximum atomic E-state index is 15.0. The van der Waals surface area contributed by atoms with Crippen molar-refractivity contribution in [2.24, 2.45) is 22.6 Å². The number of piperazine rings is 1. The Morgan fingerprint density at radius 2 is 1.86 bits per heavy atom. The lowest BCUT2D eigenvalue weighted by atomic mass is 9.94. The van der Waals surface area contributed by atoms with Gasteiger partial charge in [-0.15, -0.1) is 0 Å². The minimum absolute atomic E-state index is 0.0292. The minimum atomic E-state index is -1.14. The maximum Gasteiger partial charge on any atom is 0.238 e. The van der Waals surface area contributed by atoms with Gasteiger partial charge in [-0.2, -0.15) is 0 Å². The summed E-state index contributed by atoms with van der Waals surface area (Å²) in [6.07, 6.45) is 1.81. The predicted octanol–water partition coefficient (Wildman–Crippen LogP) is -0.379. The fourth-order valence-corrected chi connectivity index (χ4v) is 5.39. The number of amides is 2. The van der Waals surface area contributed by atoms with Crippen LogP contribution in [0.5, 0.6) is 0 Å². The van der Waals surface area contributed by atoms with Gasteiger partial charge in [0.15, 0.2) is 5.82 Å². The SMILES string of the molecule is CN1CCN(C(=O)C2CCN(c3c(F)cncc3NC(=O)C3C4=NCC(F)CN4NC3N)CC2)CC1. The summed E-state index contributed by atoms with van der Waals surface area (Å²) in [4.78, 5) is 40.3. The Hall–Kier alpha value is -2.90. The smallest absolute Gasteiger partial charge is 0.238 e. The van der Waals surface area contributed by atoms with Crippen molar-refractivity contribution < 1.29 is 18.4 Å². The lowest BCUT2D eigenvalue weighted by Crippen LogP contribution is -2.50. The lowest BCUT2D eigenvalue weighted by molar-refractivity contribution is -0.137. The van der Waals surface area contributed by atoms with E-state index < -0.39 is 30.0 Å². The zero-order chi connectivity index (χ0) is 25.4. The van der Waals surface area contributed by atoms with E-state index in [1.165, 1.54) is 11.2 Å². The van der Waals surface area contributed by atoms with Gasteiger partial charge in [-0.25, -0.2) is 14.2 Å². The van der Waals surface area contributed by atoms with Crippen LogP contribution in [-0.4, -0.2) is 109 Å². The molecule has 196 valence electrons. The summed E-state index contributed by atoms with van der Waals surface area (Å²) >= 11 is 0. The first-order valence-corrected chi connectivity index (χ1v) is 12.5. The molecule has 4 aliphatic heterocycles. The number of hydrazine groups is 1.